The van der Waals surface area contributed by atoms with Crippen LogP contribution in [0.25, 0.3) is 0 Å². The third-order valence-corrected chi connectivity index (χ3v) is 5.67. The number of aromatic hydroxyl groups is 2. The standard InChI is InChI=1S/C23H19FO5/c24-15-3-1-13(2-4-15)11-28-16-5-6-17-21(8-16)29-12-23(27)10-14-7-19(25)20(26)9-18(14)22(17)23/h1-9,22,25-27H,10-12H2/t22-,23+/m0/s1. The minimum Gasteiger partial charge on any atom is -0.504 e. The van der Waals surface area contributed by atoms with E-state index in [4.69, 9.17) is 9.47 Å². The van der Waals surface area contributed by atoms with E-state index in [9.17, 15) is 19.7 Å². The first kappa shape index (κ1) is 17.8. The Kier molecular flexibility index (Phi) is 3.93. The van der Waals surface area contributed by atoms with Crippen LogP contribution in [0, 0.1) is 5.82 Å². The quantitative estimate of drug-likeness (QED) is 0.592. The van der Waals surface area contributed by atoms with Crippen molar-refractivity contribution in [2.45, 2.75) is 24.5 Å². The van der Waals surface area contributed by atoms with Crippen LogP contribution in [-0.2, 0) is 13.0 Å². The van der Waals surface area contributed by atoms with E-state index in [1.807, 2.05) is 6.07 Å². The van der Waals surface area contributed by atoms with Gasteiger partial charge in [0.25, 0.3) is 0 Å². The largest absolute Gasteiger partial charge is 0.504 e. The Hall–Kier alpha value is -3.25. The van der Waals surface area contributed by atoms with E-state index in [-0.39, 0.29) is 29.8 Å². The molecule has 3 N–H and O–H groups in total. The number of hydrogen-bond donors (Lipinski definition) is 3. The van der Waals surface area contributed by atoms with Gasteiger partial charge in [0.15, 0.2) is 11.5 Å². The Morgan fingerprint density at radius 3 is 2.55 bits per heavy atom. The van der Waals surface area contributed by atoms with Crippen molar-refractivity contribution in [1.29, 1.82) is 0 Å². The van der Waals surface area contributed by atoms with Crippen molar-refractivity contribution in [1.82, 2.24) is 0 Å². The fraction of sp³-hybridized carbons (Fsp3) is 0.217. The highest BCUT2D eigenvalue weighted by atomic mass is 19.1. The molecule has 0 radical (unpaired) electrons. The number of aliphatic hydroxyl groups is 1. The normalized spacial score (nSPS) is 21.7. The predicted octanol–water partition coefficient (Wildman–Crippen LogP) is 3.63. The van der Waals surface area contributed by atoms with Crippen LogP contribution in [0.15, 0.2) is 54.6 Å². The van der Waals surface area contributed by atoms with Crippen molar-refractivity contribution in [2.24, 2.45) is 0 Å². The summed E-state index contributed by atoms with van der Waals surface area (Å²) in [5.41, 5.74) is 2.09. The second-order valence-electron chi connectivity index (χ2n) is 7.66. The Balaban J connectivity index is 1.45. The Morgan fingerprint density at radius 2 is 1.76 bits per heavy atom. The van der Waals surface area contributed by atoms with Crippen molar-refractivity contribution in [2.75, 3.05) is 6.61 Å². The molecule has 0 bridgehead atoms. The molecule has 0 aromatic heterocycles. The van der Waals surface area contributed by atoms with Gasteiger partial charge in [0.2, 0.25) is 0 Å². The molecule has 0 fully saturated rings. The number of ether oxygens (including phenoxy) is 2. The minimum atomic E-state index is -1.13. The van der Waals surface area contributed by atoms with Gasteiger partial charge in [0.05, 0.1) is 0 Å². The molecule has 2 atom stereocenters. The summed E-state index contributed by atoms with van der Waals surface area (Å²) in [6.07, 6.45) is 0.336. The number of hydrogen-bond acceptors (Lipinski definition) is 5. The average Bonchev–Trinajstić information content (AvgIpc) is 2.99. The topological polar surface area (TPSA) is 79.2 Å². The van der Waals surface area contributed by atoms with Gasteiger partial charge in [0, 0.05) is 24.0 Å². The van der Waals surface area contributed by atoms with Gasteiger partial charge in [-0.05, 0) is 47.0 Å². The average molecular weight is 394 g/mol. The Morgan fingerprint density at radius 1 is 1.00 bits per heavy atom. The number of benzene rings is 3. The molecule has 29 heavy (non-hydrogen) atoms. The van der Waals surface area contributed by atoms with E-state index in [1.165, 1.54) is 24.3 Å². The molecule has 0 saturated carbocycles. The molecule has 148 valence electrons. The zero-order valence-electron chi connectivity index (χ0n) is 15.4. The summed E-state index contributed by atoms with van der Waals surface area (Å²) in [6, 6.07) is 14.6. The van der Waals surface area contributed by atoms with Gasteiger partial charge in [-0.1, -0.05) is 18.2 Å². The maximum atomic E-state index is 13.0. The third kappa shape index (κ3) is 2.96. The van der Waals surface area contributed by atoms with Crippen molar-refractivity contribution < 1.29 is 29.2 Å². The SMILES string of the molecule is Oc1cc2c(cc1O)[C@@H]1c3ccc(OCc4ccc(F)cc4)cc3OC[C@]1(O)C2. The molecule has 3 aromatic rings. The third-order valence-electron chi connectivity index (χ3n) is 5.67. The summed E-state index contributed by atoms with van der Waals surface area (Å²) >= 11 is 0. The molecule has 0 unspecified atom stereocenters. The number of fused-ring (bicyclic) bond motifs is 5. The van der Waals surface area contributed by atoms with E-state index < -0.39 is 5.60 Å². The summed E-state index contributed by atoms with van der Waals surface area (Å²) in [6.45, 7) is 0.394. The van der Waals surface area contributed by atoms with Gasteiger partial charge >= 0.3 is 0 Å². The molecule has 0 spiro atoms. The lowest BCUT2D eigenvalue weighted by Crippen LogP contribution is -2.43. The molecule has 5 rings (SSSR count). The zero-order chi connectivity index (χ0) is 20.2. The van der Waals surface area contributed by atoms with E-state index in [2.05, 4.69) is 0 Å². The van der Waals surface area contributed by atoms with E-state index in [0.29, 0.717) is 24.5 Å². The molecule has 3 aromatic carbocycles. The number of phenols is 2. The highest BCUT2D eigenvalue weighted by Gasteiger charge is 2.50. The molecule has 0 amide bonds. The highest BCUT2D eigenvalue weighted by molar-refractivity contribution is 5.58. The van der Waals surface area contributed by atoms with Gasteiger partial charge in [-0.2, -0.15) is 0 Å². The molecule has 5 nitrogen and oxygen atoms in total. The summed E-state index contributed by atoms with van der Waals surface area (Å²) in [4.78, 5) is 0. The van der Waals surface area contributed by atoms with Crippen molar-refractivity contribution in [3.8, 4) is 23.0 Å². The summed E-state index contributed by atoms with van der Waals surface area (Å²) in [7, 11) is 0. The lowest BCUT2D eigenvalue weighted by molar-refractivity contribution is -0.0219. The number of halogens is 1. The fourth-order valence-corrected chi connectivity index (χ4v) is 4.29. The Bertz CT molecular complexity index is 1100. The zero-order valence-corrected chi connectivity index (χ0v) is 15.4. The van der Waals surface area contributed by atoms with Gasteiger partial charge in [-0.25, -0.2) is 4.39 Å². The van der Waals surface area contributed by atoms with Crippen LogP contribution in [0.4, 0.5) is 4.39 Å². The van der Waals surface area contributed by atoms with Crippen molar-refractivity contribution >= 4 is 0 Å². The monoisotopic (exact) mass is 394 g/mol. The maximum absolute atomic E-state index is 13.0. The molecule has 1 heterocycles. The minimum absolute atomic E-state index is 0.0995. The van der Waals surface area contributed by atoms with Gasteiger partial charge < -0.3 is 24.8 Å². The second-order valence-corrected chi connectivity index (χ2v) is 7.66. The summed E-state index contributed by atoms with van der Waals surface area (Å²) < 4.78 is 24.7. The first-order chi connectivity index (χ1) is 13.9. The maximum Gasteiger partial charge on any atom is 0.157 e. The van der Waals surface area contributed by atoms with Crippen molar-refractivity contribution in [3.63, 3.8) is 0 Å². The summed E-state index contributed by atoms with van der Waals surface area (Å²) in [5.74, 6) is 0.150. The first-order valence-corrected chi connectivity index (χ1v) is 9.34. The van der Waals surface area contributed by atoms with E-state index >= 15 is 0 Å². The molecule has 0 saturated heterocycles. The fourth-order valence-electron chi connectivity index (χ4n) is 4.29. The van der Waals surface area contributed by atoms with Gasteiger partial charge in [-0.3, -0.25) is 0 Å². The number of rotatable bonds is 3. The number of phenolic OH excluding ortho intramolecular Hbond substituents is 2. The van der Waals surface area contributed by atoms with Crippen LogP contribution >= 0.6 is 0 Å². The molecule has 1 aliphatic carbocycles. The van der Waals surface area contributed by atoms with Crippen LogP contribution in [-0.4, -0.2) is 27.5 Å². The van der Waals surface area contributed by atoms with Gasteiger partial charge in [-0.15, -0.1) is 0 Å². The highest BCUT2D eigenvalue weighted by Crippen LogP contribution is 2.53. The molecular weight excluding hydrogens is 375 g/mol. The van der Waals surface area contributed by atoms with E-state index in [1.54, 1.807) is 24.3 Å². The molecule has 2 aliphatic rings. The van der Waals surface area contributed by atoms with Crippen LogP contribution in [0.5, 0.6) is 23.0 Å². The molecular formula is C23H19FO5. The van der Waals surface area contributed by atoms with Crippen LogP contribution in [0.1, 0.15) is 28.2 Å². The second kappa shape index (κ2) is 6.39. The van der Waals surface area contributed by atoms with Gasteiger partial charge in [0.1, 0.15) is 36.1 Å². The smallest absolute Gasteiger partial charge is 0.157 e. The lowest BCUT2D eigenvalue weighted by Gasteiger charge is -2.36. The predicted molar refractivity (Wildman–Crippen MR) is 103 cm³/mol. The molecule has 6 heteroatoms. The van der Waals surface area contributed by atoms with Crippen molar-refractivity contribution in [3.05, 3.63) is 82.7 Å². The van der Waals surface area contributed by atoms with Crippen LogP contribution in [0.2, 0.25) is 0 Å². The lowest BCUT2D eigenvalue weighted by atomic mass is 9.80. The van der Waals surface area contributed by atoms with E-state index in [0.717, 1.165) is 22.3 Å². The Labute approximate surface area is 166 Å². The van der Waals surface area contributed by atoms with Crippen LogP contribution < -0.4 is 9.47 Å². The summed E-state index contributed by atoms with van der Waals surface area (Å²) in [5, 5.41) is 30.9. The first-order valence-electron chi connectivity index (χ1n) is 9.34. The van der Waals surface area contributed by atoms with Crippen LogP contribution in [0.3, 0.4) is 0 Å². The molecule has 1 aliphatic heterocycles.